The predicted octanol–water partition coefficient (Wildman–Crippen LogP) is 3.95. The minimum atomic E-state index is -0.522. The molecule has 0 aliphatic carbocycles. The number of rotatable bonds is 5. The van der Waals surface area contributed by atoms with Crippen LogP contribution in [-0.2, 0) is 4.79 Å². The number of hydrogen-bond donors (Lipinski definition) is 2. The van der Waals surface area contributed by atoms with Gasteiger partial charge >= 0.3 is 0 Å². The van der Waals surface area contributed by atoms with Gasteiger partial charge in [0, 0.05) is 35.5 Å². The van der Waals surface area contributed by atoms with Crippen molar-refractivity contribution >= 4 is 29.2 Å². The van der Waals surface area contributed by atoms with Gasteiger partial charge < -0.3 is 10.4 Å². The van der Waals surface area contributed by atoms with Crippen LogP contribution in [-0.4, -0.2) is 22.2 Å². The van der Waals surface area contributed by atoms with Gasteiger partial charge in [0.15, 0.2) is 0 Å². The number of anilines is 1. The first-order chi connectivity index (χ1) is 11.8. The Morgan fingerprint density at radius 2 is 2.04 bits per heavy atom. The number of hydrogen-bond acceptors (Lipinski definition) is 5. The molecular formula is C18H19N3O4. The Bertz CT molecular complexity index is 844. The summed E-state index contributed by atoms with van der Waals surface area (Å²) in [6.45, 7) is 5.18. The van der Waals surface area contributed by atoms with E-state index in [4.69, 9.17) is 0 Å². The number of carbonyl (C=O) groups is 1. The molecule has 0 bridgehead atoms. The maximum atomic E-state index is 11.7. The molecular weight excluding hydrogens is 322 g/mol. The van der Waals surface area contributed by atoms with E-state index in [2.05, 4.69) is 10.3 Å². The third kappa shape index (κ3) is 4.63. The maximum absolute atomic E-state index is 11.7. The molecule has 0 saturated carbocycles. The second kappa shape index (κ2) is 7.57. The van der Waals surface area contributed by atoms with Crippen molar-refractivity contribution in [2.45, 2.75) is 20.8 Å². The summed E-state index contributed by atoms with van der Waals surface area (Å²) in [5, 5.41) is 23.8. The molecule has 0 fully saturated rings. The smallest absolute Gasteiger partial charge is 0.270 e. The number of carbonyl (C=O) groups excluding carboxylic acids is 1. The molecule has 0 aliphatic rings. The highest BCUT2D eigenvalue weighted by Crippen LogP contribution is 2.27. The van der Waals surface area contributed by atoms with E-state index >= 15 is 0 Å². The molecule has 0 aromatic heterocycles. The van der Waals surface area contributed by atoms with Crippen LogP contribution in [0.1, 0.15) is 25.0 Å². The molecule has 0 heterocycles. The minimum Gasteiger partial charge on any atom is -0.507 e. The number of aromatic hydroxyl groups is 1. The lowest BCUT2D eigenvalue weighted by Gasteiger charge is -2.08. The summed E-state index contributed by atoms with van der Waals surface area (Å²) in [4.78, 5) is 26.4. The highest BCUT2D eigenvalue weighted by Gasteiger charge is 2.12. The lowest BCUT2D eigenvalue weighted by Crippen LogP contribution is -2.17. The molecule has 1 amide bonds. The van der Waals surface area contributed by atoms with Crippen molar-refractivity contribution in [2.24, 2.45) is 10.9 Å². The minimum absolute atomic E-state index is 0.0568. The number of aliphatic imine (C=N–C) groups is 1. The van der Waals surface area contributed by atoms with Crippen LogP contribution in [0.15, 0.2) is 41.4 Å². The zero-order chi connectivity index (χ0) is 18.6. The third-order valence-corrected chi connectivity index (χ3v) is 3.52. The second-order valence-corrected chi connectivity index (χ2v) is 5.91. The highest BCUT2D eigenvalue weighted by atomic mass is 16.6. The largest absolute Gasteiger partial charge is 0.507 e. The number of nitro groups is 1. The second-order valence-electron chi connectivity index (χ2n) is 5.91. The number of nitrogens with zero attached hydrogens (tertiary/aromatic N) is 2. The first-order valence-electron chi connectivity index (χ1n) is 7.71. The Morgan fingerprint density at radius 3 is 2.68 bits per heavy atom. The molecule has 0 saturated heterocycles. The normalized spacial score (nSPS) is 11.0. The topological polar surface area (TPSA) is 105 Å². The summed E-state index contributed by atoms with van der Waals surface area (Å²) in [5.41, 5.74) is 1.68. The molecule has 2 N–H and O–H groups in total. The van der Waals surface area contributed by atoms with E-state index in [0.717, 1.165) is 0 Å². The van der Waals surface area contributed by atoms with Gasteiger partial charge in [-0.25, -0.2) is 0 Å². The summed E-state index contributed by atoms with van der Waals surface area (Å²) in [6, 6.07) is 9.45. The molecule has 0 radical (unpaired) electrons. The summed E-state index contributed by atoms with van der Waals surface area (Å²) in [6.07, 6.45) is 1.36. The van der Waals surface area contributed by atoms with Crippen molar-refractivity contribution in [1.29, 1.82) is 0 Å². The van der Waals surface area contributed by atoms with Gasteiger partial charge in [-0.1, -0.05) is 19.9 Å². The Kier molecular flexibility index (Phi) is 5.49. The Morgan fingerprint density at radius 1 is 1.32 bits per heavy atom. The van der Waals surface area contributed by atoms with Crippen molar-refractivity contribution in [1.82, 2.24) is 0 Å². The van der Waals surface area contributed by atoms with Crippen LogP contribution in [0, 0.1) is 23.0 Å². The quantitative estimate of drug-likeness (QED) is 0.488. The molecule has 7 nitrogen and oxygen atoms in total. The number of amides is 1. The van der Waals surface area contributed by atoms with E-state index in [1.54, 1.807) is 45.0 Å². The number of aryl methyl sites for hydroxylation is 1. The average molecular weight is 341 g/mol. The summed E-state index contributed by atoms with van der Waals surface area (Å²) < 4.78 is 0. The first kappa shape index (κ1) is 18.1. The van der Waals surface area contributed by atoms with E-state index in [1.807, 2.05) is 0 Å². The van der Waals surface area contributed by atoms with Gasteiger partial charge in [-0.3, -0.25) is 19.9 Å². The molecule has 0 spiro atoms. The Labute approximate surface area is 145 Å². The first-order valence-corrected chi connectivity index (χ1v) is 7.71. The van der Waals surface area contributed by atoms with Crippen LogP contribution >= 0.6 is 0 Å². The van der Waals surface area contributed by atoms with Crippen LogP contribution in [0.3, 0.4) is 0 Å². The number of nitrogens with one attached hydrogen (secondary N) is 1. The lowest BCUT2D eigenvalue weighted by atomic mass is 10.1. The van der Waals surface area contributed by atoms with Gasteiger partial charge in [0.25, 0.3) is 5.69 Å². The van der Waals surface area contributed by atoms with Gasteiger partial charge in [0.05, 0.1) is 10.6 Å². The van der Waals surface area contributed by atoms with Crippen LogP contribution in [0.4, 0.5) is 17.1 Å². The highest BCUT2D eigenvalue weighted by molar-refractivity contribution is 5.93. The van der Waals surface area contributed by atoms with Gasteiger partial charge in [0.2, 0.25) is 5.91 Å². The number of benzene rings is 2. The van der Waals surface area contributed by atoms with E-state index < -0.39 is 4.92 Å². The SMILES string of the molecule is Cc1cc([N+](=O)[O-])cc(C=Nc2cccc(NC(=O)C(C)C)c2)c1O. The molecule has 25 heavy (non-hydrogen) atoms. The van der Waals surface area contributed by atoms with Gasteiger partial charge in [-0.15, -0.1) is 0 Å². The standard InChI is InChI=1S/C18H19N3O4/c1-11(2)18(23)20-15-6-4-5-14(9-15)19-10-13-8-16(21(24)25)7-12(3)17(13)22/h4-11,22H,1-3H3,(H,20,23). The lowest BCUT2D eigenvalue weighted by molar-refractivity contribution is -0.384. The molecule has 0 aliphatic heterocycles. The van der Waals surface area contributed by atoms with E-state index in [-0.39, 0.29) is 28.8 Å². The fraction of sp³-hybridized carbons (Fsp3) is 0.222. The third-order valence-electron chi connectivity index (χ3n) is 3.52. The van der Waals surface area contributed by atoms with E-state index in [1.165, 1.54) is 18.3 Å². The molecule has 7 heteroatoms. The summed E-state index contributed by atoms with van der Waals surface area (Å²) >= 11 is 0. The average Bonchev–Trinajstić information content (AvgIpc) is 2.56. The number of non-ortho nitro benzene ring substituents is 1. The molecule has 2 aromatic rings. The van der Waals surface area contributed by atoms with Crippen molar-refractivity contribution in [3.05, 3.63) is 57.6 Å². The maximum Gasteiger partial charge on any atom is 0.270 e. The fourth-order valence-corrected chi connectivity index (χ4v) is 2.09. The van der Waals surface area contributed by atoms with Crippen molar-refractivity contribution in [3.63, 3.8) is 0 Å². The van der Waals surface area contributed by atoms with E-state index in [9.17, 15) is 20.0 Å². The van der Waals surface area contributed by atoms with Crippen molar-refractivity contribution in [3.8, 4) is 5.75 Å². The Hall–Kier alpha value is -3.22. The van der Waals surface area contributed by atoms with Gasteiger partial charge in [0.1, 0.15) is 5.75 Å². The van der Waals surface area contributed by atoms with E-state index in [0.29, 0.717) is 16.9 Å². The van der Waals surface area contributed by atoms with Crippen molar-refractivity contribution < 1.29 is 14.8 Å². The predicted molar refractivity (Wildman–Crippen MR) is 96.7 cm³/mol. The van der Waals surface area contributed by atoms with Gasteiger partial charge in [-0.2, -0.15) is 0 Å². The fourth-order valence-electron chi connectivity index (χ4n) is 2.09. The molecule has 130 valence electrons. The summed E-state index contributed by atoms with van der Waals surface area (Å²) in [5.74, 6) is -0.302. The van der Waals surface area contributed by atoms with Crippen LogP contribution in [0.25, 0.3) is 0 Å². The monoisotopic (exact) mass is 341 g/mol. The number of phenolic OH excluding ortho intramolecular Hbond substituents is 1. The number of phenols is 1. The molecule has 2 rings (SSSR count). The molecule has 2 aromatic carbocycles. The Balaban J connectivity index is 2.28. The van der Waals surface area contributed by atoms with Crippen LogP contribution < -0.4 is 5.32 Å². The van der Waals surface area contributed by atoms with Crippen LogP contribution in [0.2, 0.25) is 0 Å². The van der Waals surface area contributed by atoms with Gasteiger partial charge in [-0.05, 0) is 30.7 Å². The summed E-state index contributed by atoms with van der Waals surface area (Å²) in [7, 11) is 0. The zero-order valence-corrected chi connectivity index (χ0v) is 14.2. The van der Waals surface area contributed by atoms with Crippen LogP contribution in [0.5, 0.6) is 5.75 Å². The van der Waals surface area contributed by atoms with Crippen molar-refractivity contribution in [2.75, 3.05) is 5.32 Å². The number of nitro benzene ring substituents is 1. The molecule has 0 unspecified atom stereocenters. The zero-order valence-electron chi connectivity index (χ0n) is 14.2. The molecule has 0 atom stereocenters.